The first-order valence-electron chi connectivity index (χ1n) is 13.9. The Morgan fingerprint density at radius 3 is 1.67 bits per heavy atom. The topological polar surface area (TPSA) is 95.9 Å². The van der Waals surface area contributed by atoms with Crippen molar-refractivity contribution in [2.75, 3.05) is 11.4 Å². The fourth-order valence-corrected chi connectivity index (χ4v) is 4.56. The summed E-state index contributed by atoms with van der Waals surface area (Å²) in [4.78, 5) is 38.3. The number of nitrogens with zero attached hydrogens (tertiary/aromatic N) is 1. The van der Waals surface area contributed by atoms with E-state index in [0.717, 1.165) is 27.8 Å². The Balaban J connectivity index is 1.35. The maximum absolute atomic E-state index is 13.6. The maximum Gasteiger partial charge on any atom is 0.420 e. The number of hydrogen-bond acceptors (Lipinski definition) is 4. The third-order valence-electron chi connectivity index (χ3n) is 6.85. The summed E-state index contributed by atoms with van der Waals surface area (Å²) in [5, 5.41) is 11.4. The lowest BCUT2D eigenvalue weighted by Gasteiger charge is -2.23. The van der Waals surface area contributed by atoms with E-state index in [2.05, 4.69) is 5.32 Å². The van der Waals surface area contributed by atoms with Crippen LogP contribution in [0.15, 0.2) is 133 Å². The molecule has 0 heterocycles. The van der Waals surface area contributed by atoms with Crippen LogP contribution < -0.4 is 15.0 Å². The van der Waals surface area contributed by atoms with Gasteiger partial charge in [0.25, 0.3) is 5.91 Å². The van der Waals surface area contributed by atoms with Crippen molar-refractivity contribution in [2.24, 2.45) is 0 Å². The van der Waals surface area contributed by atoms with Gasteiger partial charge in [-0.1, -0.05) is 97.1 Å². The number of nitrogens with one attached hydrogen (secondary N) is 1. The average Bonchev–Trinajstić information content (AvgIpc) is 3.05. The zero-order chi connectivity index (χ0) is 30.0. The van der Waals surface area contributed by atoms with Crippen LogP contribution in [0.3, 0.4) is 0 Å². The van der Waals surface area contributed by atoms with Crippen molar-refractivity contribution in [3.05, 3.63) is 145 Å². The molecule has 0 aliphatic carbocycles. The summed E-state index contributed by atoms with van der Waals surface area (Å²) in [6, 6.07) is 41.8. The number of hydrogen-bond donors (Lipinski definition) is 2. The largest absolute Gasteiger partial charge is 0.481 e. The van der Waals surface area contributed by atoms with Crippen LogP contribution in [-0.4, -0.2) is 29.6 Å². The quantitative estimate of drug-likeness (QED) is 0.182. The van der Waals surface area contributed by atoms with Gasteiger partial charge in [-0.15, -0.1) is 0 Å². The van der Waals surface area contributed by atoms with Gasteiger partial charge in [0.1, 0.15) is 5.75 Å². The highest BCUT2D eigenvalue weighted by Crippen LogP contribution is 2.26. The molecule has 0 bridgehead atoms. The molecule has 5 rings (SSSR count). The van der Waals surface area contributed by atoms with Gasteiger partial charge in [-0.25, -0.2) is 4.79 Å². The molecule has 0 fully saturated rings. The zero-order valence-corrected chi connectivity index (χ0v) is 23.4. The van der Waals surface area contributed by atoms with E-state index in [0.29, 0.717) is 17.0 Å². The highest BCUT2D eigenvalue weighted by molar-refractivity contribution is 5.95. The van der Waals surface area contributed by atoms with E-state index in [1.165, 1.54) is 4.90 Å². The molecular weight excluding hydrogens is 540 g/mol. The molecule has 0 aliphatic heterocycles. The van der Waals surface area contributed by atoms with Gasteiger partial charge in [-0.2, -0.15) is 0 Å². The van der Waals surface area contributed by atoms with Crippen molar-refractivity contribution in [3.8, 4) is 28.0 Å². The van der Waals surface area contributed by atoms with Crippen LogP contribution in [0.5, 0.6) is 5.75 Å². The molecule has 0 radical (unpaired) electrons. The van der Waals surface area contributed by atoms with E-state index < -0.39 is 18.0 Å². The van der Waals surface area contributed by atoms with Gasteiger partial charge in [0.2, 0.25) is 0 Å². The third-order valence-corrected chi connectivity index (χ3v) is 6.85. The first-order valence-corrected chi connectivity index (χ1v) is 13.9. The third kappa shape index (κ3) is 7.74. The molecule has 5 aromatic rings. The minimum Gasteiger partial charge on any atom is -0.481 e. The van der Waals surface area contributed by atoms with E-state index in [4.69, 9.17) is 9.84 Å². The Kier molecular flexibility index (Phi) is 9.24. The van der Waals surface area contributed by atoms with Crippen molar-refractivity contribution in [1.29, 1.82) is 0 Å². The predicted octanol–water partition coefficient (Wildman–Crippen LogP) is 7.43. The number of anilines is 1. The van der Waals surface area contributed by atoms with Crippen LogP contribution in [0.25, 0.3) is 22.3 Å². The second-order valence-electron chi connectivity index (χ2n) is 9.85. The van der Waals surface area contributed by atoms with E-state index in [1.807, 2.05) is 97.1 Å². The number of rotatable bonds is 10. The fourth-order valence-electron chi connectivity index (χ4n) is 4.56. The van der Waals surface area contributed by atoms with Crippen molar-refractivity contribution in [1.82, 2.24) is 5.32 Å². The number of carboxylic acid groups (broad SMARTS) is 1. The number of aliphatic carboxylic acids is 1. The summed E-state index contributed by atoms with van der Waals surface area (Å²) in [6.45, 7) is 0.260. The minimum absolute atomic E-state index is 0.0242. The van der Waals surface area contributed by atoms with E-state index in [-0.39, 0.29) is 19.5 Å². The SMILES string of the molecule is O=C(O)CCNC(=O)c1ccc(N(Cc2ccc(-c3ccccc3)cc2)C(=O)Oc2ccc(-c3ccccc3)cc2)cc1. The summed E-state index contributed by atoms with van der Waals surface area (Å²) in [5.41, 5.74) is 6.02. The second kappa shape index (κ2) is 13.8. The number of carbonyl (C=O) groups excluding carboxylic acids is 2. The molecule has 0 saturated carbocycles. The molecule has 0 aromatic heterocycles. The molecule has 7 heteroatoms. The van der Waals surface area contributed by atoms with Gasteiger partial charge < -0.3 is 15.2 Å². The number of benzene rings is 5. The van der Waals surface area contributed by atoms with Crippen molar-refractivity contribution < 1.29 is 24.2 Å². The fraction of sp³-hybridized carbons (Fsp3) is 0.0833. The molecule has 5 aromatic carbocycles. The maximum atomic E-state index is 13.6. The van der Waals surface area contributed by atoms with Crippen LogP contribution >= 0.6 is 0 Å². The Morgan fingerprint density at radius 2 is 1.14 bits per heavy atom. The van der Waals surface area contributed by atoms with Crippen LogP contribution in [0.2, 0.25) is 0 Å². The van der Waals surface area contributed by atoms with Crippen LogP contribution in [0.4, 0.5) is 10.5 Å². The zero-order valence-electron chi connectivity index (χ0n) is 23.4. The normalized spacial score (nSPS) is 10.5. The number of carbonyl (C=O) groups is 3. The molecule has 0 aliphatic rings. The highest BCUT2D eigenvalue weighted by atomic mass is 16.6. The van der Waals surface area contributed by atoms with Gasteiger partial charge in [-0.3, -0.25) is 14.5 Å². The summed E-state index contributed by atoms with van der Waals surface area (Å²) < 4.78 is 5.79. The smallest absolute Gasteiger partial charge is 0.420 e. The Hall–Kier alpha value is -5.69. The summed E-state index contributed by atoms with van der Waals surface area (Å²) in [7, 11) is 0. The van der Waals surface area contributed by atoms with Crippen molar-refractivity contribution in [2.45, 2.75) is 13.0 Å². The van der Waals surface area contributed by atoms with E-state index in [1.54, 1.807) is 36.4 Å². The van der Waals surface area contributed by atoms with Crippen LogP contribution in [-0.2, 0) is 11.3 Å². The molecule has 0 unspecified atom stereocenters. The Bertz CT molecular complexity index is 1670. The van der Waals surface area contributed by atoms with Crippen molar-refractivity contribution >= 4 is 23.7 Å². The van der Waals surface area contributed by atoms with Crippen LogP contribution in [0.1, 0.15) is 22.3 Å². The minimum atomic E-state index is -0.990. The summed E-state index contributed by atoms with van der Waals surface area (Å²) >= 11 is 0. The molecular formula is C36H30N2O5. The second-order valence-corrected chi connectivity index (χ2v) is 9.85. The molecule has 43 heavy (non-hydrogen) atoms. The molecule has 214 valence electrons. The average molecular weight is 571 g/mol. The first kappa shape index (κ1) is 28.8. The molecule has 7 nitrogen and oxygen atoms in total. The van der Waals surface area contributed by atoms with Gasteiger partial charge in [0, 0.05) is 17.8 Å². The van der Waals surface area contributed by atoms with Crippen molar-refractivity contribution in [3.63, 3.8) is 0 Å². The number of carboxylic acids is 1. The predicted molar refractivity (Wildman–Crippen MR) is 167 cm³/mol. The van der Waals surface area contributed by atoms with Gasteiger partial charge in [0.15, 0.2) is 0 Å². The molecule has 0 saturated heterocycles. The first-order chi connectivity index (χ1) is 21.0. The van der Waals surface area contributed by atoms with E-state index in [9.17, 15) is 14.4 Å². The number of amides is 2. The Labute approximate surface area is 250 Å². The lowest BCUT2D eigenvalue weighted by Crippen LogP contribution is -2.33. The van der Waals surface area contributed by atoms with E-state index >= 15 is 0 Å². The Morgan fingerprint density at radius 1 is 0.628 bits per heavy atom. The molecule has 0 atom stereocenters. The lowest BCUT2D eigenvalue weighted by molar-refractivity contribution is -0.136. The molecule has 0 spiro atoms. The standard InChI is InChI=1S/C36H30N2O5/c39-34(40)23-24-37-35(41)31-15-19-32(20-16-31)38(25-26-11-13-29(14-12-26)27-7-3-1-4-8-27)36(42)43-33-21-17-30(18-22-33)28-9-5-2-6-10-28/h1-22H,23-25H2,(H,37,41)(H,39,40). The monoisotopic (exact) mass is 570 g/mol. The highest BCUT2D eigenvalue weighted by Gasteiger charge is 2.20. The van der Waals surface area contributed by atoms with Gasteiger partial charge in [-0.05, 0) is 64.2 Å². The van der Waals surface area contributed by atoms with Gasteiger partial charge >= 0.3 is 12.1 Å². The molecule has 2 N–H and O–H groups in total. The summed E-state index contributed by atoms with van der Waals surface area (Å²) in [5.74, 6) is -0.975. The molecule has 2 amide bonds. The number of ether oxygens (including phenoxy) is 1. The lowest BCUT2D eigenvalue weighted by atomic mass is 10.0. The summed E-state index contributed by atoms with van der Waals surface area (Å²) in [6.07, 6.45) is -0.739. The van der Waals surface area contributed by atoms with Gasteiger partial charge in [0.05, 0.1) is 13.0 Å². The van der Waals surface area contributed by atoms with Crippen LogP contribution in [0, 0.1) is 0 Å².